The minimum Gasteiger partial charge on any atom is -0.496 e. The number of para-hydroxylation sites is 1. The Labute approximate surface area is 170 Å². The van der Waals surface area contributed by atoms with Gasteiger partial charge in [-0.05, 0) is 51.3 Å². The molecular weight excluding hydrogens is 374 g/mol. The van der Waals surface area contributed by atoms with Crippen molar-refractivity contribution in [3.05, 3.63) is 52.3 Å². The molecule has 0 aliphatic heterocycles. The number of rotatable bonds is 9. The van der Waals surface area contributed by atoms with E-state index in [0.717, 1.165) is 5.56 Å². The Hall–Kier alpha value is -3.09. The third-order valence-electron chi connectivity index (χ3n) is 4.63. The number of aromatic amines is 1. The van der Waals surface area contributed by atoms with Crippen LogP contribution in [-0.4, -0.2) is 42.5 Å². The molecule has 156 valence electrons. The molecule has 0 unspecified atom stereocenters. The standard InChI is InChI=1S/C22H27NO6/c1-6-28-22(26)19-13(2)20(23-14(19)3)21(25)15(4)29-18(24)12-11-16-9-7-8-10-17(16)27-5/h7-10,15,23H,6,11-12H2,1-5H3/t15-/m0/s1. The second-order valence-corrected chi connectivity index (χ2v) is 6.65. The van der Waals surface area contributed by atoms with E-state index >= 15 is 0 Å². The van der Waals surface area contributed by atoms with Crippen LogP contribution in [0.5, 0.6) is 5.75 Å². The first-order valence-electron chi connectivity index (χ1n) is 9.51. The molecule has 0 spiro atoms. The highest BCUT2D eigenvalue weighted by atomic mass is 16.5. The highest BCUT2D eigenvalue weighted by Gasteiger charge is 2.27. The predicted octanol–water partition coefficient (Wildman–Crippen LogP) is 3.56. The molecule has 0 aliphatic rings. The minimum atomic E-state index is -0.980. The Balaban J connectivity index is 2.02. The van der Waals surface area contributed by atoms with Crippen molar-refractivity contribution in [1.29, 1.82) is 0 Å². The lowest BCUT2D eigenvalue weighted by molar-refractivity contribution is -0.146. The maximum Gasteiger partial charge on any atom is 0.340 e. The number of aryl methyl sites for hydroxylation is 2. The van der Waals surface area contributed by atoms with Gasteiger partial charge in [-0.25, -0.2) is 4.79 Å². The van der Waals surface area contributed by atoms with Crippen molar-refractivity contribution in [2.45, 2.75) is 46.6 Å². The smallest absolute Gasteiger partial charge is 0.340 e. The molecule has 0 amide bonds. The first kappa shape index (κ1) is 22.2. The monoisotopic (exact) mass is 401 g/mol. The van der Waals surface area contributed by atoms with Gasteiger partial charge in [0.1, 0.15) is 5.75 Å². The van der Waals surface area contributed by atoms with Crippen molar-refractivity contribution in [3.63, 3.8) is 0 Å². The van der Waals surface area contributed by atoms with Crippen LogP contribution in [0, 0.1) is 13.8 Å². The molecular formula is C22H27NO6. The number of nitrogens with one attached hydrogen (secondary N) is 1. The highest BCUT2D eigenvalue weighted by Crippen LogP contribution is 2.22. The van der Waals surface area contributed by atoms with Gasteiger partial charge in [0.05, 0.1) is 25.0 Å². The summed E-state index contributed by atoms with van der Waals surface area (Å²) < 4.78 is 15.6. The summed E-state index contributed by atoms with van der Waals surface area (Å²) >= 11 is 0. The van der Waals surface area contributed by atoms with E-state index in [0.29, 0.717) is 29.0 Å². The fourth-order valence-electron chi connectivity index (χ4n) is 3.16. The molecule has 1 atom stereocenters. The molecule has 1 aromatic heterocycles. The lowest BCUT2D eigenvalue weighted by Crippen LogP contribution is -2.25. The number of carbonyl (C=O) groups is 3. The first-order valence-corrected chi connectivity index (χ1v) is 9.51. The zero-order valence-corrected chi connectivity index (χ0v) is 17.5. The summed E-state index contributed by atoms with van der Waals surface area (Å²) in [7, 11) is 1.57. The van der Waals surface area contributed by atoms with Gasteiger partial charge in [-0.3, -0.25) is 9.59 Å². The normalized spacial score (nSPS) is 11.6. The molecule has 7 nitrogen and oxygen atoms in total. The SMILES string of the molecule is CCOC(=O)c1c(C)[nH]c(C(=O)[C@H](C)OC(=O)CCc2ccccc2OC)c1C. The Morgan fingerprint density at radius 3 is 2.48 bits per heavy atom. The number of carbonyl (C=O) groups excluding carboxylic acids is 3. The molecule has 29 heavy (non-hydrogen) atoms. The summed E-state index contributed by atoms with van der Waals surface area (Å²) in [5.41, 5.74) is 2.50. The first-order chi connectivity index (χ1) is 13.8. The van der Waals surface area contributed by atoms with Crippen LogP contribution in [-0.2, 0) is 20.7 Å². The van der Waals surface area contributed by atoms with Gasteiger partial charge < -0.3 is 19.2 Å². The van der Waals surface area contributed by atoms with E-state index in [-0.39, 0.29) is 18.7 Å². The van der Waals surface area contributed by atoms with Crippen LogP contribution >= 0.6 is 0 Å². The van der Waals surface area contributed by atoms with Gasteiger partial charge in [-0.1, -0.05) is 18.2 Å². The van der Waals surface area contributed by atoms with Crippen molar-refractivity contribution in [1.82, 2.24) is 4.98 Å². The van der Waals surface area contributed by atoms with E-state index < -0.39 is 23.8 Å². The van der Waals surface area contributed by atoms with Crippen LogP contribution in [0.1, 0.15) is 57.9 Å². The summed E-state index contributed by atoms with van der Waals surface area (Å²) in [6.45, 7) is 6.84. The number of hydrogen-bond acceptors (Lipinski definition) is 6. The van der Waals surface area contributed by atoms with Gasteiger partial charge in [0.25, 0.3) is 0 Å². The second-order valence-electron chi connectivity index (χ2n) is 6.65. The number of methoxy groups -OCH3 is 1. The lowest BCUT2D eigenvalue weighted by atomic mass is 10.1. The van der Waals surface area contributed by atoms with Gasteiger partial charge in [0.2, 0.25) is 5.78 Å². The van der Waals surface area contributed by atoms with Crippen LogP contribution in [0.3, 0.4) is 0 Å². The number of benzene rings is 1. The number of ether oxygens (including phenoxy) is 3. The zero-order valence-electron chi connectivity index (χ0n) is 17.5. The molecule has 1 heterocycles. The largest absolute Gasteiger partial charge is 0.496 e. The van der Waals surface area contributed by atoms with Crippen molar-refractivity contribution < 1.29 is 28.6 Å². The number of H-pyrrole nitrogens is 1. The van der Waals surface area contributed by atoms with Crippen molar-refractivity contribution in [2.75, 3.05) is 13.7 Å². The van der Waals surface area contributed by atoms with Crippen molar-refractivity contribution in [3.8, 4) is 5.75 Å². The fraction of sp³-hybridized carbons (Fsp3) is 0.409. The molecule has 2 aromatic rings. The maximum absolute atomic E-state index is 12.7. The maximum atomic E-state index is 12.7. The molecule has 7 heteroatoms. The van der Waals surface area contributed by atoms with E-state index in [4.69, 9.17) is 14.2 Å². The van der Waals surface area contributed by atoms with Gasteiger partial charge in [0.15, 0.2) is 6.10 Å². The zero-order chi connectivity index (χ0) is 21.6. The van der Waals surface area contributed by atoms with Crippen LogP contribution in [0.25, 0.3) is 0 Å². The van der Waals surface area contributed by atoms with Gasteiger partial charge in [-0.2, -0.15) is 0 Å². The summed E-state index contributed by atoms with van der Waals surface area (Å²) in [6.07, 6.45) is -0.418. The Kier molecular flexibility index (Phi) is 7.59. The molecule has 0 saturated heterocycles. The molecule has 2 rings (SSSR count). The van der Waals surface area contributed by atoms with E-state index in [1.165, 1.54) is 6.92 Å². The molecule has 0 radical (unpaired) electrons. The van der Waals surface area contributed by atoms with Crippen LogP contribution in [0.4, 0.5) is 0 Å². The van der Waals surface area contributed by atoms with Crippen LogP contribution < -0.4 is 4.74 Å². The Morgan fingerprint density at radius 1 is 1.14 bits per heavy atom. The number of ketones is 1. The molecule has 1 aromatic carbocycles. The van der Waals surface area contributed by atoms with E-state index in [1.807, 2.05) is 24.3 Å². The van der Waals surface area contributed by atoms with E-state index in [2.05, 4.69) is 4.98 Å². The predicted molar refractivity (Wildman–Crippen MR) is 107 cm³/mol. The van der Waals surface area contributed by atoms with Gasteiger partial charge >= 0.3 is 11.9 Å². The molecule has 0 fully saturated rings. The lowest BCUT2D eigenvalue weighted by Gasteiger charge is -2.13. The molecule has 0 aliphatic carbocycles. The average Bonchev–Trinajstić information content (AvgIpc) is 3.00. The number of Topliss-reactive ketones (excluding diaryl/α,β-unsaturated/α-hetero) is 1. The van der Waals surface area contributed by atoms with Gasteiger partial charge in [-0.15, -0.1) is 0 Å². The summed E-state index contributed by atoms with van der Waals surface area (Å²) in [5, 5.41) is 0. The van der Waals surface area contributed by atoms with Crippen molar-refractivity contribution >= 4 is 17.7 Å². The minimum absolute atomic E-state index is 0.120. The topological polar surface area (TPSA) is 94.7 Å². The van der Waals surface area contributed by atoms with Crippen LogP contribution in [0.2, 0.25) is 0 Å². The summed E-state index contributed by atoms with van der Waals surface area (Å²) in [5.74, 6) is -0.664. The number of aromatic nitrogens is 1. The number of hydrogen-bond donors (Lipinski definition) is 1. The van der Waals surface area contributed by atoms with Crippen LogP contribution in [0.15, 0.2) is 24.3 Å². The van der Waals surface area contributed by atoms with E-state index in [1.54, 1.807) is 27.9 Å². The Morgan fingerprint density at radius 2 is 1.83 bits per heavy atom. The third kappa shape index (κ3) is 5.25. The average molecular weight is 401 g/mol. The quantitative estimate of drug-likeness (QED) is 0.510. The molecule has 1 N–H and O–H groups in total. The number of esters is 2. The van der Waals surface area contributed by atoms with Gasteiger partial charge in [0, 0.05) is 12.1 Å². The highest BCUT2D eigenvalue weighted by molar-refractivity contribution is 6.03. The summed E-state index contributed by atoms with van der Waals surface area (Å²) in [6, 6.07) is 7.42. The van der Waals surface area contributed by atoms with E-state index in [9.17, 15) is 14.4 Å². The molecule has 0 bridgehead atoms. The second kappa shape index (κ2) is 9.91. The molecule has 0 saturated carbocycles. The fourth-order valence-corrected chi connectivity index (χ4v) is 3.16. The summed E-state index contributed by atoms with van der Waals surface area (Å²) in [4.78, 5) is 40.0. The third-order valence-corrected chi connectivity index (χ3v) is 4.63. The Bertz CT molecular complexity index is 899. The van der Waals surface area contributed by atoms with Crippen molar-refractivity contribution in [2.24, 2.45) is 0 Å².